The van der Waals surface area contributed by atoms with Gasteiger partial charge in [0.1, 0.15) is 0 Å². The molecule has 0 bridgehead atoms. The summed E-state index contributed by atoms with van der Waals surface area (Å²) in [6.07, 6.45) is 0.357. The molecule has 5 heteroatoms. The zero-order chi connectivity index (χ0) is 14.1. The van der Waals surface area contributed by atoms with Crippen LogP contribution >= 0.6 is 15.9 Å². The van der Waals surface area contributed by atoms with Crippen LogP contribution in [-0.2, 0) is 11.2 Å². The van der Waals surface area contributed by atoms with E-state index in [2.05, 4.69) is 26.6 Å². The minimum absolute atomic E-state index is 0.0181. The zero-order valence-corrected chi connectivity index (χ0v) is 12.0. The van der Waals surface area contributed by atoms with Crippen LogP contribution in [0.4, 0.5) is 11.4 Å². The average Bonchev–Trinajstić information content (AvgIpc) is 2.78. The summed E-state index contributed by atoms with van der Waals surface area (Å²) in [7, 11) is 0. The van der Waals surface area contributed by atoms with Gasteiger partial charge in [-0.1, -0.05) is 22.0 Å². The van der Waals surface area contributed by atoms with E-state index in [4.69, 9.17) is 0 Å². The summed E-state index contributed by atoms with van der Waals surface area (Å²) in [5.41, 5.74) is 2.98. The SMILES string of the molecule is O=C1Cc2cc(NC(=O)c3cccc(Br)c3)ccc2N1. The van der Waals surface area contributed by atoms with E-state index in [0.29, 0.717) is 17.7 Å². The van der Waals surface area contributed by atoms with Crippen molar-refractivity contribution in [1.82, 2.24) is 0 Å². The van der Waals surface area contributed by atoms with Crippen molar-refractivity contribution in [1.29, 1.82) is 0 Å². The Morgan fingerprint density at radius 3 is 2.85 bits per heavy atom. The summed E-state index contributed by atoms with van der Waals surface area (Å²) in [5.74, 6) is -0.195. The van der Waals surface area contributed by atoms with Crippen molar-refractivity contribution in [2.75, 3.05) is 10.6 Å². The highest BCUT2D eigenvalue weighted by atomic mass is 79.9. The van der Waals surface area contributed by atoms with Crippen LogP contribution in [0.1, 0.15) is 15.9 Å². The molecule has 2 N–H and O–H groups in total. The van der Waals surface area contributed by atoms with Crippen LogP contribution < -0.4 is 10.6 Å². The summed E-state index contributed by atoms with van der Waals surface area (Å²) >= 11 is 3.34. The predicted octanol–water partition coefficient (Wildman–Crippen LogP) is 3.20. The van der Waals surface area contributed by atoms with Crippen molar-refractivity contribution in [3.63, 3.8) is 0 Å². The number of hydrogen-bond donors (Lipinski definition) is 2. The molecule has 2 aromatic rings. The van der Waals surface area contributed by atoms with Gasteiger partial charge < -0.3 is 10.6 Å². The second-order valence-corrected chi connectivity index (χ2v) is 5.48. The lowest BCUT2D eigenvalue weighted by Gasteiger charge is -2.07. The molecule has 0 aromatic heterocycles. The molecule has 2 aromatic carbocycles. The summed E-state index contributed by atoms with van der Waals surface area (Å²) in [5, 5.41) is 5.59. The summed E-state index contributed by atoms with van der Waals surface area (Å²) in [4.78, 5) is 23.4. The van der Waals surface area contributed by atoms with E-state index in [9.17, 15) is 9.59 Å². The molecule has 100 valence electrons. The first-order chi connectivity index (χ1) is 9.61. The Labute approximate surface area is 124 Å². The van der Waals surface area contributed by atoms with E-state index in [1.807, 2.05) is 18.2 Å². The first-order valence-electron chi connectivity index (χ1n) is 6.11. The number of carbonyl (C=O) groups excluding carboxylic acids is 2. The Morgan fingerprint density at radius 1 is 1.20 bits per heavy atom. The molecule has 2 amide bonds. The molecule has 0 radical (unpaired) electrons. The van der Waals surface area contributed by atoms with Gasteiger partial charge in [-0.15, -0.1) is 0 Å². The summed E-state index contributed by atoms with van der Waals surface area (Å²) in [6.45, 7) is 0. The van der Waals surface area contributed by atoms with Gasteiger partial charge in [0.15, 0.2) is 0 Å². The molecule has 20 heavy (non-hydrogen) atoms. The standard InChI is InChI=1S/C15H11BrN2O2/c16-11-3-1-2-9(6-11)15(20)17-12-4-5-13-10(7-12)8-14(19)18-13/h1-7H,8H2,(H,17,20)(H,18,19). The van der Waals surface area contributed by atoms with Gasteiger partial charge in [0.05, 0.1) is 6.42 Å². The number of hydrogen-bond acceptors (Lipinski definition) is 2. The lowest BCUT2D eigenvalue weighted by Crippen LogP contribution is -2.11. The maximum Gasteiger partial charge on any atom is 0.255 e. The van der Waals surface area contributed by atoms with Gasteiger partial charge in [-0.3, -0.25) is 9.59 Å². The third kappa shape index (κ3) is 2.58. The monoisotopic (exact) mass is 330 g/mol. The maximum absolute atomic E-state index is 12.1. The quantitative estimate of drug-likeness (QED) is 0.888. The van der Waals surface area contributed by atoms with Crippen molar-refractivity contribution in [3.8, 4) is 0 Å². The number of amides is 2. The molecule has 1 aliphatic heterocycles. The van der Waals surface area contributed by atoms with E-state index >= 15 is 0 Å². The first kappa shape index (κ1) is 12.9. The molecule has 0 unspecified atom stereocenters. The van der Waals surface area contributed by atoms with Gasteiger partial charge in [-0.05, 0) is 42.0 Å². The largest absolute Gasteiger partial charge is 0.326 e. The lowest BCUT2D eigenvalue weighted by atomic mass is 10.1. The van der Waals surface area contributed by atoms with Crippen molar-refractivity contribution >= 4 is 39.1 Å². The highest BCUT2D eigenvalue weighted by Gasteiger charge is 2.18. The van der Waals surface area contributed by atoms with Crippen molar-refractivity contribution < 1.29 is 9.59 Å². The van der Waals surface area contributed by atoms with Gasteiger partial charge in [0.25, 0.3) is 5.91 Å². The van der Waals surface area contributed by atoms with Gasteiger partial charge >= 0.3 is 0 Å². The summed E-state index contributed by atoms with van der Waals surface area (Å²) < 4.78 is 0.855. The number of rotatable bonds is 2. The molecular weight excluding hydrogens is 320 g/mol. The van der Waals surface area contributed by atoms with E-state index in [1.54, 1.807) is 24.3 Å². The maximum atomic E-state index is 12.1. The minimum atomic E-state index is -0.177. The number of fused-ring (bicyclic) bond motifs is 1. The normalized spacial score (nSPS) is 12.8. The number of nitrogens with one attached hydrogen (secondary N) is 2. The second-order valence-electron chi connectivity index (χ2n) is 4.56. The van der Waals surface area contributed by atoms with E-state index in [0.717, 1.165) is 15.7 Å². The lowest BCUT2D eigenvalue weighted by molar-refractivity contribution is -0.115. The zero-order valence-electron chi connectivity index (χ0n) is 10.4. The molecule has 0 fully saturated rings. The minimum Gasteiger partial charge on any atom is -0.326 e. The topological polar surface area (TPSA) is 58.2 Å². The molecule has 0 atom stereocenters. The smallest absolute Gasteiger partial charge is 0.255 e. The second kappa shape index (κ2) is 5.09. The van der Waals surface area contributed by atoms with Gasteiger partial charge in [-0.2, -0.15) is 0 Å². The Kier molecular flexibility index (Phi) is 3.28. The van der Waals surface area contributed by atoms with E-state index < -0.39 is 0 Å². The molecule has 4 nitrogen and oxygen atoms in total. The molecule has 0 spiro atoms. The van der Waals surface area contributed by atoms with Crippen molar-refractivity contribution in [2.24, 2.45) is 0 Å². The molecule has 0 aliphatic carbocycles. The van der Waals surface area contributed by atoms with Crippen LogP contribution in [0.3, 0.4) is 0 Å². The first-order valence-corrected chi connectivity index (χ1v) is 6.91. The third-order valence-corrected chi connectivity index (χ3v) is 3.57. The predicted molar refractivity (Wildman–Crippen MR) is 80.9 cm³/mol. The van der Waals surface area contributed by atoms with Crippen LogP contribution in [0.25, 0.3) is 0 Å². The van der Waals surface area contributed by atoms with Crippen molar-refractivity contribution in [3.05, 3.63) is 58.1 Å². The fourth-order valence-electron chi connectivity index (χ4n) is 2.14. The third-order valence-electron chi connectivity index (χ3n) is 3.08. The number of halogens is 1. The Balaban J connectivity index is 1.80. The molecular formula is C15H11BrN2O2. The van der Waals surface area contributed by atoms with Crippen LogP contribution in [0.5, 0.6) is 0 Å². The van der Waals surface area contributed by atoms with Gasteiger partial charge in [0, 0.05) is 21.4 Å². The molecule has 3 rings (SSSR count). The van der Waals surface area contributed by atoms with E-state index in [1.165, 1.54) is 0 Å². The Bertz CT molecular complexity index is 713. The Hall–Kier alpha value is -2.14. The fourth-order valence-corrected chi connectivity index (χ4v) is 2.54. The van der Waals surface area contributed by atoms with Crippen LogP contribution in [-0.4, -0.2) is 11.8 Å². The van der Waals surface area contributed by atoms with Gasteiger partial charge in [0.2, 0.25) is 5.91 Å². The highest BCUT2D eigenvalue weighted by Crippen LogP contribution is 2.26. The fraction of sp³-hybridized carbons (Fsp3) is 0.0667. The van der Waals surface area contributed by atoms with Gasteiger partial charge in [-0.25, -0.2) is 0 Å². The molecule has 0 saturated heterocycles. The number of anilines is 2. The molecule has 1 heterocycles. The van der Waals surface area contributed by atoms with E-state index in [-0.39, 0.29) is 11.8 Å². The van der Waals surface area contributed by atoms with Crippen LogP contribution in [0.15, 0.2) is 46.9 Å². The number of benzene rings is 2. The number of carbonyl (C=O) groups is 2. The highest BCUT2D eigenvalue weighted by molar-refractivity contribution is 9.10. The molecule has 0 saturated carbocycles. The Morgan fingerprint density at radius 2 is 2.05 bits per heavy atom. The summed E-state index contributed by atoms with van der Waals surface area (Å²) in [6, 6.07) is 12.6. The molecule has 1 aliphatic rings. The van der Waals surface area contributed by atoms with Crippen LogP contribution in [0, 0.1) is 0 Å². The van der Waals surface area contributed by atoms with Crippen LogP contribution in [0.2, 0.25) is 0 Å². The van der Waals surface area contributed by atoms with Crippen molar-refractivity contribution in [2.45, 2.75) is 6.42 Å². The average molecular weight is 331 g/mol.